The maximum absolute atomic E-state index is 7.46. The summed E-state index contributed by atoms with van der Waals surface area (Å²) >= 11 is 5.38. The fourth-order valence-electron chi connectivity index (χ4n) is 8.06. The first-order chi connectivity index (χ1) is 37.1. The van der Waals surface area contributed by atoms with Crippen molar-refractivity contribution in [3.05, 3.63) is 107 Å². The van der Waals surface area contributed by atoms with Gasteiger partial charge >= 0.3 is 0 Å². The summed E-state index contributed by atoms with van der Waals surface area (Å²) in [4.78, 5) is 3.99. The molecule has 1 aliphatic rings. The SMILES string of the molecule is [B][C@@H]1O[C@H](COC(c2ccccc2)(c2ccc(OC)cc2)c2ccc(OC)cc2)C(OP(OCC[N+]#[C-])N(C(C)C)C(C)C)[C@@H]1CCCCCCCNC(=S)C#CC#CC#CC#CC#CC#CC#CC#CC#CC#CC. The Labute approximate surface area is 461 Å². The van der Waals surface area contributed by atoms with E-state index in [4.69, 9.17) is 54.6 Å². The Balaban J connectivity index is 1.41. The fourth-order valence-corrected chi connectivity index (χ4v) is 10.0. The molecule has 0 aromatic heterocycles. The molecule has 0 amide bonds. The van der Waals surface area contributed by atoms with Gasteiger partial charge in [-0.05, 0) is 189 Å². The van der Waals surface area contributed by atoms with Crippen LogP contribution in [0.1, 0.15) is 89.8 Å². The minimum Gasteiger partial charge on any atom is -0.497 e. The smallest absolute Gasteiger partial charge is 0.259 e. The van der Waals surface area contributed by atoms with Crippen LogP contribution in [0.25, 0.3) is 4.85 Å². The molecule has 76 heavy (non-hydrogen) atoms. The predicted molar refractivity (Wildman–Crippen MR) is 309 cm³/mol. The molecule has 1 aliphatic heterocycles. The van der Waals surface area contributed by atoms with Gasteiger partial charge in [0.1, 0.15) is 37.7 Å². The van der Waals surface area contributed by atoms with Gasteiger partial charge < -0.3 is 38.2 Å². The number of methoxy groups -OCH3 is 2. The molecule has 0 bridgehead atoms. The first kappa shape index (κ1) is 61.1. The first-order valence-corrected chi connectivity index (χ1v) is 26.4. The second kappa shape index (κ2) is 35.7. The Morgan fingerprint density at radius 3 is 1.66 bits per heavy atom. The lowest BCUT2D eigenvalue weighted by Crippen LogP contribution is -2.41. The van der Waals surface area contributed by atoms with Gasteiger partial charge in [-0.3, -0.25) is 0 Å². The number of nitrogens with zero attached hydrogens (tertiary/aromatic N) is 2. The zero-order valence-electron chi connectivity index (χ0n) is 44.3. The number of thiocarbonyl (C=S) groups is 1. The molecule has 0 aliphatic carbocycles. The first-order valence-electron chi connectivity index (χ1n) is 24.9. The normalized spacial score (nSPS) is 15.0. The van der Waals surface area contributed by atoms with Gasteiger partial charge in [0.2, 0.25) is 6.54 Å². The van der Waals surface area contributed by atoms with Gasteiger partial charge in [-0.15, -0.1) is 0 Å². The number of hydrogen-bond acceptors (Lipinski definition) is 8. The van der Waals surface area contributed by atoms with Gasteiger partial charge in [-0.2, -0.15) is 0 Å². The lowest BCUT2D eigenvalue weighted by molar-refractivity contribution is -0.0717. The van der Waals surface area contributed by atoms with Crippen LogP contribution in [0.15, 0.2) is 78.9 Å². The molecule has 3 aromatic rings. The van der Waals surface area contributed by atoms with Gasteiger partial charge in [0.05, 0.1) is 26.9 Å². The maximum Gasteiger partial charge on any atom is 0.259 e. The average Bonchev–Trinajstić information content (AvgIpc) is 3.75. The molecule has 12 heteroatoms. The predicted octanol–water partition coefficient (Wildman–Crippen LogP) is 9.50. The van der Waals surface area contributed by atoms with Gasteiger partial charge in [0.15, 0.2) is 4.99 Å². The van der Waals surface area contributed by atoms with Crippen LogP contribution in [0.5, 0.6) is 11.5 Å². The van der Waals surface area contributed by atoms with E-state index in [2.05, 4.69) is 173 Å². The van der Waals surface area contributed by atoms with Crippen LogP contribution in [0, 0.1) is 131 Å². The molecule has 0 saturated carbocycles. The molecule has 1 saturated heterocycles. The Hall–Kier alpha value is -7.47. The molecular formula is C64H61BN3O6PS. The molecule has 5 atom stereocenters. The highest BCUT2D eigenvalue weighted by Gasteiger charge is 2.47. The van der Waals surface area contributed by atoms with Crippen molar-refractivity contribution in [3.63, 3.8) is 0 Å². The summed E-state index contributed by atoms with van der Waals surface area (Å²) in [5.41, 5.74) is 1.65. The molecule has 2 radical (unpaired) electrons. The molecule has 4 rings (SSSR count). The van der Waals surface area contributed by atoms with Crippen molar-refractivity contribution in [2.24, 2.45) is 5.92 Å². The molecule has 382 valence electrons. The van der Waals surface area contributed by atoms with Crippen molar-refractivity contribution in [1.82, 2.24) is 9.99 Å². The summed E-state index contributed by atoms with van der Waals surface area (Å²) in [5, 5.41) is 3.20. The van der Waals surface area contributed by atoms with E-state index in [1.807, 2.05) is 66.7 Å². The third kappa shape index (κ3) is 20.7. The standard InChI is InChI=1S/C64H61BN3O6PS/c1-9-10-11-12-13-14-15-16-17-18-19-20-21-22-23-24-25-28-34-39-61(76)67-48-35-29-26-27-33-38-59-62(74-75(72-50-49-66-6)68(52(2)3)53(4)5)60(73-63(59)65)51-71-64(54-36-31-30-32-37-54,55-40-44-57(69-7)45-41-55)56-42-46-58(70-8)47-43-56/h30-32,36-37,40-47,52-53,59-60,62-63H,26-27,29,33,35,38,48-51H2,1-5,7-8H3,(H,67,76)/t59-,60+,62?,63+,75?/m0/s1. The maximum atomic E-state index is 7.46. The van der Waals surface area contributed by atoms with Gasteiger partial charge in [-0.25, -0.2) is 11.2 Å². The molecule has 1 fully saturated rings. The summed E-state index contributed by atoms with van der Waals surface area (Å²) in [6.45, 7) is 19.0. The molecule has 3 aromatic carbocycles. The van der Waals surface area contributed by atoms with Crippen molar-refractivity contribution < 1.29 is 28.0 Å². The van der Waals surface area contributed by atoms with E-state index in [9.17, 15) is 0 Å². The van der Waals surface area contributed by atoms with Crippen LogP contribution >= 0.6 is 20.7 Å². The lowest BCUT2D eigenvalue weighted by Gasteiger charge is -2.39. The Morgan fingerprint density at radius 2 is 1.17 bits per heavy atom. The lowest BCUT2D eigenvalue weighted by atomic mass is 9.79. The summed E-state index contributed by atoms with van der Waals surface area (Å²) < 4.78 is 41.1. The summed E-state index contributed by atoms with van der Waals surface area (Å²) in [5.74, 6) is 53.2. The minimum absolute atomic E-state index is 0.104. The van der Waals surface area contributed by atoms with Crippen LogP contribution in [0.3, 0.4) is 0 Å². The van der Waals surface area contributed by atoms with E-state index < -0.39 is 32.3 Å². The van der Waals surface area contributed by atoms with Crippen LogP contribution < -0.4 is 14.8 Å². The molecule has 1 N–H and O–H groups in total. The Kier molecular flexibility index (Phi) is 28.7. The highest BCUT2D eigenvalue weighted by Crippen LogP contribution is 2.51. The highest BCUT2D eigenvalue weighted by molar-refractivity contribution is 7.80. The second-order valence-electron chi connectivity index (χ2n) is 17.1. The molecule has 0 spiro atoms. The van der Waals surface area contributed by atoms with Crippen LogP contribution in [-0.4, -0.2) is 88.3 Å². The van der Waals surface area contributed by atoms with Crippen LogP contribution in [0.2, 0.25) is 0 Å². The quantitative estimate of drug-likeness (QED) is 0.0180. The third-order valence-electron chi connectivity index (χ3n) is 11.4. The monoisotopic (exact) mass is 1040 g/mol. The highest BCUT2D eigenvalue weighted by atomic mass is 32.1. The molecular weight excluding hydrogens is 981 g/mol. The molecule has 9 nitrogen and oxygen atoms in total. The second-order valence-corrected chi connectivity index (χ2v) is 19.0. The van der Waals surface area contributed by atoms with E-state index in [1.54, 1.807) is 21.1 Å². The van der Waals surface area contributed by atoms with E-state index in [0.29, 0.717) is 11.5 Å². The van der Waals surface area contributed by atoms with E-state index in [-0.39, 0.29) is 37.8 Å². The molecule has 1 heterocycles. The number of hydrogen-bond donors (Lipinski definition) is 1. The average molecular weight is 1040 g/mol. The number of nitrogens with one attached hydrogen (secondary N) is 1. The van der Waals surface area contributed by atoms with Crippen molar-refractivity contribution in [3.8, 4) is 130 Å². The topological polar surface area (TPSA) is 75.0 Å². The largest absolute Gasteiger partial charge is 0.497 e. The van der Waals surface area contributed by atoms with Crippen molar-refractivity contribution in [2.45, 2.75) is 109 Å². The van der Waals surface area contributed by atoms with Crippen molar-refractivity contribution in [2.75, 3.05) is 40.5 Å². The van der Waals surface area contributed by atoms with Gasteiger partial charge in [0.25, 0.3) is 8.53 Å². The van der Waals surface area contributed by atoms with Crippen LogP contribution in [-0.2, 0) is 24.1 Å². The number of unbranched alkanes of at least 4 members (excludes halogenated alkanes) is 4. The van der Waals surface area contributed by atoms with Crippen molar-refractivity contribution >= 4 is 33.6 Å². The minimum atomic E-state index is -1.62. The zero-order valence-corrected chi connectivity index (χ0v) is 46.0. The number of benzene rings is 3. The summed E-state index contributed by atoms with van der Waals surface area (Å²) in [7, 11) is 8.66. The third-order valence-corrected chi connectivity index (χ3v) is 13.8. The Morgan fingerprint density at radius 1 is 0.697 bits per heavy atom. The van der Waals surface area contributed by atoms with Gasteiger partial charge in [-0.1, -0.05) is 98.4 Å². The Bertz CT molecular complexity index is 3020. The van der Waals surface area contributed by atoms with E-state index in [1.165, 1.54) is 0 Å². The summed E-state index contributed by atoms with van der Waals surface area (Å²) in [6.07, 6.45) is 4.60. The molecule has 2 unspecified atom stereocenters. The number of rotatable bonds is 24. The van der Waals surface area contributed by atoms with E-state index in [0.717, 1.165) is 66.7 Å². The van der Waals surface area contributed by atoms with Crippen molar-refractivity contribution in [1.29, 1.82) is 0 Å². The van der Waals surface area contributed by atoms with Gasteiger partial charge in [0, 0.05) is 42.4 Å². The fraction of sp³-hybridized carbons (Fsp3) is 0.375. The summed E-state index contributed by atoms with van der Waals surface area (Å²) in [6, 6.07) is 25.7. The van der Waals surface area contributed by atoms with Crippen LogP contribution in [0.4, 0.5) is 0 Å². The number of ether oxygens (including phenoxy) is 4. The van der Waals surface area contributed by atoms with E-state index >= 15 is 0 Å². The zero-order chi connectivity index (χ0) is 54.6.